The zero-order valence-corrected chi connectivity index (χ0v) is 12.1. The SMILES string of the molecule is C[C@@H](CC1CCC1)Oc1nc2ncccc2cc1C(N)=O. The Kier molecular flexibility index (Phi) is 3.73. The Labute approximate surface area is 123 Å². The number of pyridine rings is 2. The Morgan fingerprint density at radius 1 is 1.52 bits per heavy atom. The zero-order chi connectivity index (χ0) is 14.8. The number of hydrogen-bond donors (Lipinski definition) is 1. The van der Waals surface area contributed by atoms with Crippen molar-refractivity contribution in [2.75, 3.05) is 0 Å². The van der Waals surface area contributed by atoms with Crippen molar-refractivity contribution in [3.05, 3.63) is 30.0 Å². The molecular weight excluding hydrogens is 266 g/mol. The predicted molar refractivity (Wildman–Crippen MR) is 80.1 cm³/mol. The molecule has 1 amide bonds. The molecule has 0 saturated heterocycles. The molecule has 0 bridgehead atoms. The fourth-order valence-electron chi connectivity index (χ4n) is 2.69. The van der Waals surface area contributed by atoms with Gasteiger partial charge >= 0.3 is 0 Å². The first-order valence-corrected chi connectivity index (χ1v) is 7.35. The maximum Gasteiger partial charge on any atom is 0.254 e. The molecule has 5 heteroatoms. The van der Waals surface area contributed by atoms with Gasteiger partial charge in [-0.25, -0.2) is 4.98 Å². The van der Waals surface area contributed by atoms with Crippen LogP contribution in [0.2, 0.25) is 0 Å². The minimum Gasteiger partial charge on any atom is -0.474 e. The summed E-state index contributed by atoms with van der Waals surface area (Å²) < 4.78 is 5.87. The zero-order valence-electron chi connectivity index (χ0n) is 12.1. The summed E-state index contributed by atoms with van der Waals surface area (Å²) in [5.74, 6) is 0.496. The third-order valence-electron chi connectivity index (χ3n) is 4.02. The van der Waals surface area contributed by atoms with Crippen LogP contribution in [0, 0.1) is 5.92 Å². The fraction of sp³-hybridized carbons (Fsp3) is 0.438. The molecule has 5 nitrogen and oxygen atoms in total. The van der Waals surface area contributed by atoms with Crippen LogP contribution in [0.15, 0.2) is 24.4 Å². The van der Waals surface area contributed by atoms with Gasteiger partial charge in [0.15, 0.2) is 5.65 Å². The number of fused-ring (bicyclic) bond motifs is 1. The summed E-state index contributed by atoms with van der Waals surface area (Å²) in [6, 6.07) is 5.35. The summed E-state index contributed by atoms with van der Waals surface area (Å²) in [5.41, 5.74) is 6.32. The Balaban J connectivity index is 1.87. The van der Waals surface area contributed by atoms with Gasteiger partial charge in [0.2, 0.25) is 5.88 Å². The van der Waals surface area contributed by atoms with Gasteiger partial charge in [0.25, 0.3) is 5.91 Å². The molecule has 1 atom stereocenters. The van der Waals surface area contributed by atoms with Crippen LogP contribution in [-0.4, -0.2) is 22.0 Å². The first kappa shape index (κ1) is 13.8. The molecule has 1 aliphatic rings. The number of primary amides is 1. The lowest BCUT2D eigenvalue weighted by molar-refractivity contribution is 0.0987. The molecule has 110 valence electrons. The van der Waals surface area contributed by atoms with E-state index in [1.165, 1.54) is 19.3 Å². The number of hydrogen-bond acceptors (Lipinski definition) is 4. The van der Waals surface area contributed by atoms with E-state index in [9.17, 15) is 4.79 Å². The van der Waals surface area contributed by atoms with Gasteiger partial charge in [0.1, 0.15) is 5.56 Å². The summed E-state index contributed by atoms with van der Waals surface area (Å²) in [6.07, 6.45) is 6.51. The van der Waals surface area contributed by atoms with Crippen LogP contribution in [0.3, 0.4) is 0 Å². The summed E-state index contributed by atoms with van der Waals surface area (Å²) in [4.78, 5) is 20.2. The van der Waals surface area contributed by atoms with Crippen LogP contribution in [0.25, 0.3) is 11.0 Å². The van der Waals surface area contributed by atoms with E-state index in [4.69, 9.17) is 10.5 Å². The predicted octanol–water partition coefficient (Wildman–Crippen LogP) is 2.69. The molecule has 0 spiro atoms. The monoisotopic (exact) mass is 285 g/mol. The molecule has 2 N–H and O–H groups in total. The standard InChI is InChI=1S/C16H19N3O2/c1-10(8-11-4-2-5-11)21-16-13(14(17)20)9-12-6-3-7-18-15(12)19-16/h3,6-7,9-11H,2,4-5,8H2,1H3,(H2,17,20)/t10-/m0/s1. The Morgan fingerprint density at radius 2 is 2.33 bits per heavy atom. The highest BCUT2D eigenvalue weighted by Crippen LogP contribution is 2.32. The van der Waals surface area contributed by atoms with Crippen LogP contribution in [0.1, 0.15) is 43.0 Å². The number of aromatic nitrogens is 2. The molecule has 1 aliphatic carbocycles. The number of amides is 1. The van der Waals surface area contributed by atoms with E-state index in [-0.39, 0.29) is 6.10 Å². The average molecular weight is 285 g/mol. The number of rotatable bonds is 5. The van der Waals surface area contributed by atoms with E-state index < -0.39 is 5.91 Å². The summed E-state index contributed by atoms with van der Waals surface area (Å²) in [7, 11) is 0. The first-order valence-electron chi connectivity index (χ1n) is 7.35. The lowest BCUT2D eigenvalue weighted by Crippen LogP contribution is -2.23. The molecule has 3 rings (SSSR count). The maximum atomic E-state index is 11.6. The molecule has 1 fully saturated rings. The lowest BCUT2D eigenvalue weighted by Gasteiger charge is -2.28. The third kappa shape index (κ3) is 2.96. The van der Waals surface area contributed by atoms with Crippen LogP contribution >= 0.6 is 0 Å². The van der Waals surface area contributed by atoms with E-state index in [1.807, 2.05) is 13.0 Å². The maximum absolute atomic E-state index is 11.6. The molecule has 21 heavy (non-hydrogen) atoms. The summed E-state index contributed by atoms with van der Waals surface area (Å²) >= 11 is 0. The van der Waals surface area contributed by atoms with Gasteiger partial charge in [-0.15, -0.1) is 0 Å². The van der Waals surface area contributed by atoms with Crippen LogP contribution < -0.4 is 10.5 Å². The van der Waals surface area contributed by atoms with Crippen molar-refractivity contribution in [1.29, 1.82) is 0 Å². The van der Waals surface area contributed by atoms with Crippen molar-refractivity contribution >= 4 is 16.9 Å². The van der Waals surface area contributed by atoms with Gasteiger partial charge in [-0.1, -0.05) is 19.3 Å². The summed E-state index contributed by atoms with van der Waals surface area (Å²) in [5, 5.41) is 0.783. The van der Waals surface area contributed by atoms with Gasteiger partial charge in [-0.2, -0.15) is 4.98 Å². The summed E-state index contributed by atoms with van der Waals surface area (Å²) in [6.45, 7) is 2.01. The Morgan fingerprint density at radius 3 is 3.00 bits per heavy atom. The van der Waals surface area contributed by atoms with E-state index in [0.717, 1.165) is 17.7 Å². The molecule has 2 aromatic heterocycles. The first-order chi connectivity index (χ1) is 10.1. The molecule has 0 unspecified atom stereocenters. The molecule has 0 aliphatic heterocycles. The van der Waals surface area contributed by atoms with Crippen LogP contribution in [0.5, 0.6) is 5.88 Å². The van der Waals surface area contributed by atoms with Gasteiger partial charge in [-0.05, 0) is 37.5 Å². The van der Waals surface area contributed by atoms with Gasteiger partial charge in [0, 0.05) is 11.6 Å². The van der Waals surface area contributed by atoms with Gasteiger partial charge < -0.3 is 10.5 Å². The van der Waals surface area contributed by atoms with E-state index in [1.54, 1.807) is 18.3 Å². The second-order valence-electron chi connectivity index (χ2n) is 5.72. The largest absolute Gasteiger partial charge is 0.474 e. The Hall–Kier alpha value is -2.17. The van der Waals surface area contributed by atoms with E-state index in [0.29, 0.717) is 17.1 Å². The number of carbonyl (C=O) groups is 1. The van der Waals surface area contributed by atoms with Gasteiger partial charge in [0.05, 0.1) is 6.10 Å². The van der Waals surface area contributed by atoms with Crippen molar-refractivity contribution < 1.29 is 9.53 Å². The number of nitrogens with zero attached hydrogens (tertiary/aromatic N) is 2. The highest BCUT2D eigenvalue weighted by Gasteiger charge is 2.22. The average Bonchev–Trinajstić information content (AvgIpc) is 2.42. The van der Waals surface area contributed by atoms with Crippen molar-refractivity contribution in [2.24, 2.45) is 11.7 Å². The smallest absolute Gasteiger partial charge is 0.254 e. The number of ether oxygens (including phenoxy) is 1. The molecule has 0 radical (unpaired) electrons. The highest BCUT2D eigenvalue weighted by molar-refractivity contribution is 5.98. The minimum absolute atomic E-state index is 0.0158. The molecule has 2 heterocycles. The van der Waals surface area contributed by atoms with Crippen molar-refractivity contribution in [3.63, 3.8) is 0 Å². The van der Waals surface area contributed by atoms with Gasteiger partial charge in [-0.3, -0.25) is 4.79 Å². The second-order valence-corrected chi connectivity index (χ2v) is 5.72. The number of carbonyl (C=O) groups excluding carboxylic acids is 1. The minimum atomic E-state index is -0.529. The fourth-order valence-corrected chi connectivity index (χ4v) is 2.69. The Bertz CT molecular complexity index is 668. The topological polar surface area (TPSA) is 78.1 Å². The molecular formula is C16H19N3O2. The second kappa shape index (κ2) is 5.68. The van der Waals surface area contributed by atoms with E-state index in [2.05, 4.69) is 9.97 Å². The molecule has 0 aromatic carbocycles. The highest BCUT2D eigenvalue weighted by atomic mass is 16.5. The van der Waals surface area contributed by atoms with E-state index >= 15 is 0 Å². The van der Waals surface area contributed by atoms with Crippen LogP contribution in [0.4, 0.5) is 0 Å². The third-order valence-corrected chi connectivity index (χ3v) is 4.02. The van der Waals surface area contributed by atoms with Crippen molar-refractivity contribution in [3.8, 4) is 5.88 Å². The molecule has 2 aromatic rings. The van der Waals surface area contributed by atoms with Crippen molar-refractivity contribution in [1.82, 2.24) is 9.97 Å². The van der Waals surface area contributed by atoms with Crippen molar-refractivity contribution in [2.45, 2.75) is 38.7 Å². The lowest BCUT2D eigenvalue weighted by atomic mass is 9.82. The normalized spacial score (nSPS) is 16.4. The number of nitrogens with two attached hydrogens (primary N) is 1. The quantitative estimate of drug-likeness (QED) is 0.916. The molecule has 1 saturated carbocycles. The van der Waals surface area contributed by atoms with Crippen LogP contribution in [-0.2, 0) is 0 Å².